The SMILES string of the molecule is CN1CCC2(CC1)Cc1ccccc1N2. The lowest BCUT2D eigenvalue weighted by molar-refractivity contribution is 0.209. The van der Waals surface area contributed by atoms with Crippen LogP contribution >= 0.6 is 0 Å². The number of likely N-dealkylation sites (tertiary alicyclic amines) is 1. The van der Waals surface area contributed by atoms with Crippen LogP contribution in [0.4, 0.5) is 5.69 Å². The fraction of sp³-hybridized carbons (Fsp3) is 0.538. The predicted octanol–water partition coefficient (Wildman–Crippen LogP) is 2.12. The van der Waals surface area contributed by atoms with Crippen molar-refractivity contribution < 1.29 is 0 Å². The summed E-state index contributed by atoms with van der Waals surface area (Å²) in [7, 11) is 2.22. The minimum absolute atomic E-state index is 0.371. The first-order valence-electron chi connectivity index (χ1n) is 5.82. The highest BCUT2D eigenvalue weighted by Crippen LogP contribution is 2.38. The number of anilines is 1. The van der Waals surface area contributed by atoms with E-state index in [0.717, 1.165) is 0 Å². The first kappa shape index (κ1) is 9.22. The molecule has 15 heavy (non-hydrogen) atoms. The van der Waals surface area contributed by atoms with Gasteiger partial charge in [-0.3, -0.25) is 0 Å². The molecule has 1 spiro atoms. The highest BCUT2D eigenvalue weighted by Gasteiger charge is 2.38. The molecule has 0 aromatic heterocycles. The van der Waals surface area contributed by atoms with Gasteiger partial charge < -0.3 is 10.2 Å². The molecule has 2 heterocycles. The van der Waals surface area contributed by atoms with Crippen LogP contribution in [-0.2, 0) is 6.42 Å². The second-order valence-corrected chi connectivity index (χ2v) is 5.04. The highest BCUT2D eigenvalue weighted by molar-refractivity contribution is 5.58. The summed E-state index contributed by atoms with van der Waals surface area (Å²) in [6.45, 7) is 2.45. The number of piperidine rings is 1. The summed E-state index contributed by atoms with van der Waals surface area (Å²) in [4.78, 5) is 2.43. The molecule has 0 aliphatic carbocycles. The van der Waals surface area contributed by atoms with Gasteiger partial charge in [0, 0.05) is 24.3 Å². The van der Waals surface area contributed by atoms with E-state index in [-0.39, 0.29) is 0 Å². The van der Waals surface area contributed by atoms with Crippen molar-refractivity contribution in [1.29, 1.82) is 0 Å². The van der Waals surface area contributed by atoms with E-state index in [4.69, 9.17) is 0 Å². The van der Waals surface area contributed by atoms with E-state index in [1.54, 1.807) is 0 Å². The third-order valence-corrected chi connectivity index (χ3v) is 3.89. The Bertz CT molecular complexity index is 338. The summed E-state index contributed by atoms with van der Waals surface area (Å²) in [6, 6.07) is 8.74. The third-order valence-electron chi connectivity index (χ3n) is 3.89. The van der Waals surface area contributed by atoms with E-state index in [1.807, 2.05) is 0 Å². The summed E-state index contributed by atoms with van der Waals surface area (Å²) in [6.07, 6.45) is 3.77. The molecule has 0 bridgehead atoms. The molecule has 0 saturated carbocycles. The lowest BCUT2D eigenvalue weighted by atomic mass is 9.85. The van der Waals surface area contributed by atoms with E-state index in [1.165, 1.54) is 43.6 Å². The van der Waals surface area contributed by atoms with Gasteiger partial charge in [0.25, 0.3) is 0 Å². The molecule has 1 saturated heterocycles. The molecule has 1 aromatic rings. The van der Waals surface area contributed by atoms with Crippen molar-refractivity contribution in [1.82, 2.24) is 4.90 Å². The van der Waals surface area contributed by atoms with Crippen molar-refractivity contribution in [2.24, 2.45) is 0 Å². The zero-order chi connectivity index (χ0) is 10.3. The van der Waals surface area contributed by atoms with Crippen LogP contribution in [0.5, 0.6) is 0 Å². The van der Waals surface area contributed by atoms with E-state index < -0.39 is 0 Å². The Morgan fingerprint density at radius 3 is 2.67 bits per heavy atom. The van der Waals surface area contributed by atoms with E-state index in [2.05, 4.69) is 41.5 Å². The van der Waals surface area contributed by atoms with Crippen molar-refractivity contribution >= 4 is 5.69 Å². The maximum Gasteiger partial charge on any atom is 0.0439 e. The molecular formula is C13H18N2. The van der Waals surface area contributed by atoms with Gasteiger partial charge in [0.05, 0.1) is 0 Å². The van der Waals surface area contributed by atoms with E-state index in [0.29, 0.717) is 5.54 Å². The normalized spacial score (nSPS) is 23.8. The highest BCUT2D eigenvalue weighted by atomic mass is 15.1. The van der Waals surface area contributed by atoms with Crippen LogP contribution in [0.1, 0.15) is 18.4 Å². The minimum Gasteiger partial charge on any atom is -0.379 e. The van der Waals surface area contributed by atoms with Crippen LogP contribution in [0.2, 0.25) is 0 Å². The number of rotatable bonds is 0. The summed E-state index contributed by atoms with van der Waals surface area (Å²) in [5.41, 5.74) is 3.24. The van der Waals surface area contributed by atoms with Crippen LogP contribution < -0.4 is 5.32 Å². The predicted molar refractivity (Wildman–Crippen MR) is 63.2 cm³/mol. The Morgan fingerprint density at radius 2 is 1.93 bits per heavy atom. The molecule has 1 N–H and O–H groups in total. The minimum atomic E-state index is 0.371. The number of benzene rings is 1. The maximum atomic E-state index is 3.74. The summed E-state index contributed by atoms with van der Waals surface area (Å²) in [5.74, 6) is 0. The number of para-hydroxylation sites is 1. The van der Waals surface area contributed by atoms with Crippen molar-refractivity contribution in [3.8, 4) is 0 Å². The summed E-state index contributed by atoms with van der Waals surface area (Å²) >= 11 is 0. The zero-order valence-corrected chi connectivity index (χ0v) is 9.29. The van der Waals surface area contributed by atoms with Gasteiger partial charge in [-0.1, -0.05) is 18.2 Å². The molecule has 2 aliphatic heterocycles. The van der Waals surface area contributed by atoms with Gasteiger partial charge in [-0.05, 0) is 37.9 Å². The Hall–Kier alpha value is -1.02. The van der Waals surface area contributed by atoms with Gasteiger partial charge in [0.15, 0.2) is 0 Å². The van der Waals surface area contributed by atoms with E-state index >= 15 is 0 Å². The molecule has 3 rings (SSSR count). The smallest absolute Gasteiger partial charge is 0.0439 e. The number of nitrogens with zero attached hydrogens (tertiary/aromatic N) is 1. The molecule has 0 atom stereocenters. The average molecular weight is 202 g/mol. The summed E-state index contributed by atoms with van der Waals surface area (Å²) < 4.78 is 0. The topological polar surface area (TPSA) is 15.3 Å². The molecule has 0 amide bonds. The van der Waals surface area contributed by atoms with Crippen LogP contribution in [-0.4, -0.2) is 30.6 Å². The number of fused-ring (bicyclic) bond motifs is 1. The van der Waals surface area contributed by atoms with Crippen molar-refractivity contribution in [3.05, 3.63) is 29.8 Å². The lowest BCUT2D eigenvalue weighted by Gasteiger charge is -2.38. The molecule has 2 heteroatoms. The Morgan fingerprint density at radius 1 is 1.20 bits per heavy atom. The van der Waals surface area contributed by atoms with Gasteiger partial charge in [0.1, 0.15) is 0 Å². The van der Waals surface area contributed by atoms with Crippen LogP contribution in [0, 0.1) is 0 Å². The van der Waals surface area contributed by atoms with Gasteiger partial charge in [0.2, 0.25) is 0 Å². The Labute approximate surface area is 91.3 Å². The summed E-state index contributed by atoms with van der Waals surface area (Å²) in [5, 5.41) is 3.74. The van der Waals surface area contributed by atoms with Crippen molar-refractivity contribution in [3.63, 3.8) is 0 Å². The van der Waals surface area contributed by atoms with Crippen LogP contribution in [0.15, 0.2) is 24.3 Å². The fourth-order valence-corrected chi connectivity index (χ4v) is 2.84. The van der Waals surface area contributed by atoms with Gasteiger partial charge in [-0.15, -0.1) is 0 Å². The van der Waals surface area contributed by atoms with E-state index in [9.17, 15) is 0 Å². The largest absolute Gasteiger partial charge is 0.379 e. The fourth-order valence-electron chi connectivity index (χ4n) is 2.84. The molecule has 0 unspecified atom stereocenters. The first-order valence-corrected chi connectivity index (χ1v) is 5.82. The number of nitrogens with one attached hydrogen (secondary N) is 1. The van der Waals surface area contributed by atoms with Gasteiger partial charge in [-0.2, -0.15) is 0 Å². The number of hydrogen-bond acceptors (Lipinski definition) is 2. The van der Waals surface area contributed by atoms with Crippen molar-refractivity contribution in [2.45, 2.75) is 24.8 Å². The quantitative estimate of drug-likeness (QED) is 0.693. The second kappa shape index (κ2) is 3.24. The van der Waals surface area contributed by atoms with Crippen LogP contribution in [0.25, 0.3) is 0 Å². The zero-order valence-electron chi connectivity index (χ0n) is 9.29. The Balaban J connectivity index is 1.83. The molecule has 0 radical (unpaired) electrons. The number of hydrogen-bond donors (Lipinski definition) is 1. The lowest BCUT2D eigenvalue weighted by Crippen LogP contribution is -2.47. The monoisotopic (exact) mass is 202 g/mol. The molecule has 2 aliphatic rings. The van der Waals surface area contributed by atoms with Crippen molar-refractivity contribution in [2.75, 3.05) is 25.5 Å². The molecule has 1 fully saturated rings. The van der Waals surface area contributed by atoms with Gasteiger partial charge >= 0.3 is 0 Å². The van der Waals surface area contributed by atoms with Gasteiger partial charge in [-0.25, -0.2) is 0 Å². The third kappa shape index (κ3) is 1.53. The average Bonchev–Trinajstić information content (AvgIpc) is 2.61. The maximum absolute atomic E-state index is 3.74. The molecule has 1 aromatic carbocycles. The molecular weight excluding hydrogens is 184 g/mol. The van der Waals surface area contributed by atoms with Crippen LogP contribution in [0.3, 0.4) is 0 Å². The Kier molecular flexibility index (Phi) is 1.99. The molecule has 80 valence electrons. The standard InChI is InChI=1S/C13H18N2/c1-15-8-6-13(7-9-15)10-11-4-2-3-5-12(11)14-13/h2-5,14H,6-10H2,1H3. The molecule has 2 nitrogen and oxygen atoms in total. The first-order chi connectivity index (χ1) is 7.27. The second-order valence-electron chi connectivity index (χ2n) is 5.04.